The maximum absolute atomic E-state index is 11.8. The van der Waals surface area contributed by atoms with Gasteiger partial charge in [-0.2, -0.15) is 0 Å². The standard InChI is InChI=1S/C17H23NO6/c1-16(2,3)24-15(22)18-11-6-5-10(9-12(11)19)17(7-8-17)13(23-4)14(20)21/h5-6,9,13,19H,7-8H2,1-4H3,(H,18,22)(H,20,21). The van der Waals surface area contributed by atoms with Gasteiger partial charge in [0.2, 0.25) is 0 Å². The van der Waals surface area contributed by atoms with Crippen molar-refractivity contribution in [3.8, 4) is 5.75 Å². The molecule has 1 saturated carbocycles. The van der Waals surface area contributed by atoms with Crippen molar-refractivity contribution in [3.05, 3.63) is 23.8 Å². The Morgan fingerprint density at radius 3 is 2.33 bits per heavy atom. The number of carboxylic acids is 1. The Morgan fingerprint density at radius 1 is 1.29 bits per heavy atom. The van der Waals surface area contributed by atoms with Gasteiger partial charge in [0, 0.05) is 12.5 Å². The van der Waals surface area contributed by atoms with Crippen molar-refractivity contribution < 1.29 is 29.3 Å². The number of aromatic hydroxyl groups is 1. The highest BCUT2D eigenvalue weighted by atomic mass is 16.6. The number of phenolic OH excluding ortho intramolecular Hbond substituents is 1. The smallest absolute Gasteiger partial charge is 0.412 e. The number of amides is 1. The molecule has 1 aromatic carbocycles. The number of carbonyl (C=O) groups excluding carboxylic acids is 1. The molecule has 1 unspecified atom stereocenters. The molecule has 0 heterocycles. The van der Waals surface area contributed by atoms with Crippen LogP contribution in [-0.2, 0) is 19.7 Å². The molecular formula is C17H23NO6. The first-order valence-electron chi connectivity index (χ1n) is 7.68. The van der Waals surface area contributed by atoms with Gasteiger partial charge in [0.05, 0.1) is 5.69 Å². The fraction of sp³-hybridized carbons (Fsp3) is 0.529. The van der Waals surface area contributed by atoms with Crippen LogP contribution < -0.4 is 5.32 Å². The quantitative estimate of drug-likeness (QED) is 0.714. The first-order valence-corrected chi connectivity index (χ1v) is 7.68. The van der Waals surface area contributed by atoms with Crippen LogP contribution in [0.25, 0.3) is 0 Å². The molecule has 1 fully saturated rings. The zero-order chi connectivity index (χ0) is 18.1. The van der Waals surface area contributed by atoms with E-state index in [1.807, 2.05) is 0 Å². The monoisotopic (exact) mass is 337 g/mol. The molecule has 7 heteroatoms. The number of nitrogens with one attached hydrogen (secondary N) is 1. The fourth-order valence-electron chi connectivity index (χ4n) is 2.76. The number of rotatable bonds is 5. The topological polar surface area (TPSA) is 105 Å². The van der Waals surface area contributed by atoms with Crippen LogP contribution in [0.3, 0.4) is 0 Å². The predicted molar refractivity (Wildman–Crippen MR) is 87.3 cm³/mol. The van der Waals surface area contributed by atoms with Gasteiger partial charge >= 0.3 is 12.1 Å². The van der Waals surface area contributed by atoms with Crippen LogP contribution in [-0.4, -0.2) is 41.1 Å². The van der Waals surface area contributed by atoms with Gasteiger partial charge in [-0.15, -0.1) is 0 Å². The summed E-state index contributed by atoms with van der Waals surface area (Å²) in [6, 6.07) is 4.69. The van der Waals surface area contributed by atoms with Crippen molar-refractivity contribution in [1.29, 1.82) is 0 Å². The molecule has 0 spiro atoms. The van der Waals surface area contributed by atoms with Gasteiger partial charge < -0.3 is 19.7 Å². The first-order chi connectivity index (χ1) is 11.1. The molecule has 0 radical (unpaired) electrons. The van der Waals surface area contributed by atoms with E-state index in [1.165, 1.54) is 19.2 Å². The molecule has 0 saturated heterocycles. The molecule has 7 nitrogen and oxygen atoms in total. The molecule has 0 bridgehead atoms. The van der Waals surface area contributed by atoms with Gasteiger partial charge in [0.25, 0.3) is 0 Å². The third-order valence-electron chi connectivity index (χ3n) is 3.96. The second-order valence-corrected chi connectivity index (χ2v) is 6.97. The maximum Gasteiger partial charge on any atom is 0.412 e. The highest BCUT2D eigenvalue weighted by Crippen LogP contribution is 2.53. The normalized spacial score (nSPS) is 17.0. The van der Waals surface area contributed by atoms with Crippen molar-refractivity contribution in [2.75, 3.05) is 12.4 Å². The Hall–Kier alpha value is -2.28. The number of ether oxygens (including phenoxy) is 2. The number of carboxylic acid groups (broad SMARTS) is 1. The lowest BCUT2D eigenvalue weighted by Gasteiger charge is -2.23. The van der Waals surface area contributed by atoms with E-state index in [0.717, 1.165) is 0 Å². The number of methoxy groups -OCH3 is 1. The van der Waals surface area contributed by atoms with Gasteiger partial charge in [0.1, 0.15) is 11.4 Å². The lowest BCUT2D eigenvalue weighted by Crippen LogP contribution is -2.35. The van der Waals surface area contributed by atoms with Crippen LogP contribution >= 0.6 is 0 Å². The number of hydrogen-bond acceptors (Lipinski definition) is 5. The van der Waals surface area contributed by atoms with Crippen molar-refractivity contribution >= 4 is 17.7 Å². The zero-order valence-corrected chi connectivity index (χ0v) is 14.3. The fourth-order valence-corrected chi connectivity index (χ4v) is 2.76. The number of carbonyl (C=O) groups is 2. The average molecular weight is 337 g/mol. The van der Waals surface area contributed by atoms with E-state index < -0.39 is 29.2 Å². The van der Waals surface area contributed by atoms with Gasteiger partial charge in [-0.25, -0.2) is 9.59 Å². The minimum absolute atomic E-state index is 0.148. The van der Waals surface area contributed by atoms with E-state index in [1.54, 1.807) is 26.8 Å². The summed E-state index contributed by atoms with van der Waals surface area (Å²) in [6.45, 7) is 5.22. The summed E-state index contributed by atoms with van der Waals surface area (Å²) in [5.74, 6) is -1.18. The predicted octanol–water partition coefficient (Wildman–Crippen LogP) is 2.87. The highest BCUT2D eigenvalue weighted by molar-refractivity contribution is 5.87. The van der Waals surface area contributed by atoms with E-state index in [-0.39, 0.29) is 11.4 Å². The first kappa shape index (κ1) is 18.1. The Labute approximate surface area is 140 Å². The number of aliphatic carboxylic acids is 1. The number of benzene rings is 1. The average Bonchev–Trinajstić information content (AvgIpc) is 3.20. The summed E-state index contributed by atoms with van der Waals surface area (Å²) >= 11 is 0. The molecule has 0 aromatic heterocycles. The lowest BCUT2D eigenvalue weighted by molar-refractivity contribution is -0.150. The summed E-state index contributed by atoms with van der Waals surface area (Å²) in [6.07, 6.45) is -0.319. The number of anilines is 1. The van der Waals surface area contributed by atoms with E-state index in [4.69, 9.17) is 9.47 Å². The Morgan fingerprint density at radius 2 is 1.92 bits per heavy atom. The van der Waals surface area contributed by atoms with Crippen LogP contribution in [0.2, 0.25) is 0 Å². The zero-order valence-electron chi connectivity index (χ0n) is 14.3. The van der Waals surface area contributed by atoms with Crippen molar-refractivity contribution in [3.63, 3.8) is 0 Å². The number of hydrogen-bond donors (Lipinski definition) is 3. The van der Waals surface area contributed by atoms with Gasteiger partial charge in [-0.3, -0.25) is 5.32 Å². The molecule has 1 aliphatic carbocycles. The van der Waals surface area contributed by atoms with Crippen LogP contribution in [0.15, 0.2) is 18.2 Å². The Balaban J connectivity index is 2.19. The summed E-state index contributed by atoms with van der Waals surface area (Å²) in [4.78, 5) is 23.1. The molecule has 3 N–H and O–H groups in total. The molecule has 0 aliphatic heterocycles. The Bertz CT molecular complexity index is 645. The lowest BCUT2D eigenvalue weighted by atomic mass is 9.89. The molecule has 1 aliphatic rings. The maximum atomic E-state index is 11.8. The van der Waals surface area contributed by atoms with E-state index in [0.29, 0.717) is 18.4 Å². The molecule has 1 amide bonds. The van der Waals surface area contributed by atoms with Gasteiger partial charge in [-0.05, 0) is 51.3 Å². The summed E-state index contributed by atoms with van der Waals surface area (Å²) < 4.78 is 10.2. The van der Waals surface area contributed by atoms with Crippen LogP contribution in [0.5, 0.6) is 5.75 Å². The van der Waals surface area contributed by atoms with Crippen LogP contribution in [0.4, 0.5) is 10.5 Å². The third-order valence-corrected chi connectivity index (χ3v) is 3.96. The second-order valence-electron chi connectivity index (χ2n) is 6.97. The SMILES string of the molecule is COC(C(=O)O)C1(c2ccc(NC(=O)OC(C)(C)C)c(O)c2)CC1. The van der Waals surface area contributed by atoms with Crippen molar-refractivity contribution in [1.82, 2.24) is 0 Å². The van der Waals surface area contributed by atoms with Crippen LogP contribution in [0, 0.1) is 0 Å². The molecule has 1 atom stereocenters. The molecule has 24 heavy (non-hydrogen) atoms. The summed E-state index contributed by atoms with van der Waals surface area (Å²) in [5.41, 5.74) is -0.412. The molecule has 132 valence electrons. The molecular weight excluding hydrogens is 314 g/mol. The van der Waals surface area contributed by atoms with E-state index in [9.17, 15) is 19.8 Å². The number of phenols is 1. The minimum atomic E-state index is -1.04. The minimum Gasteiger partial charge on any atom is -0.506 e. The molecule has 2 rings (SSSR count). The van der Waals surface area contributed by atoms with Gasteiger partial charge in [-0.1, -0.05) is 6.07 Å². The van der Waals surface area contributed by atoms with E-state index >= 15 is 0 Å². The highest BCUT2D eigenvalue weighted by Gasteiger charge is 2.54. The molecule has 1 aromatic rings. The van der Waals surface area contributed by atoms with Crippen molar-refractivity contribution in [2.45, 2.75) is 50.7 Å². The second kappa shape index (κ2) is 6.32. The van der Waals surface area contributed by atoms with Gasteiger partial charge in [0.15, 0.2) is 6.10 Å². The van der Waals surface area contributed by atoms with E-state index in [2.05, 4.69) is 5.32 Å². The third kappa shape index (κ3) is 3.79. The summed E-state index contributed by atoms with van der Waals surface area (Å²) in [7, 11) is 1.36. The van der Waals surface area contributed by atoms with Crippen molar-refractivity contribution in [2.24, 2.45) is 0 Å². The van der Waals surface area contributed by atoms with Crippen LogP contribution in [0.1, 0.15) is 39.2 Å². The Kier molecular flexibility index (Phi) is 4.75. The summed E-state index contributed by atoms with van der Waals surface area (Å²) in [5, 5.41) is 21.9. The largest absolute Gasteiger partial charge is 0.506 e.